The molecule has 27 heavy (non-hydrogen) atoms. The number of sulfonamides is 1. The first-order valence-corrected chi connectivity index (χ1v) is 9.29. The number of aryl methyl sites for hydroxylation is 1. The second kappa shape index (κ2) is 7.25. The molecule has 0 atom stereocenters. The fourth-order valence-electron chi connectivity index (χ4n) is 2.50. The Balaban J connectivity index is 1.81. The summed E-state index contributed by atoms with van der Waals surface area (Å²) >= 11 is 0. The van der Waals surface area contributed by atoms with E-state index in [2.05, 4.69) is 9.82 Å². The first-order chi connectivity index (χ1) is 12.8. The highest BCUT2D eigenvalue weighted by molar-refractivity contribution is 7.89. The van der Waals surface area contributed by atoms with E-state index in [1.165, 1.54) is 13.1 Å². The van der Waals surface area contributed by atoms with Crippen molar-refractivity contribution in [3.63, 3.8) is 0 Å². The van der Waals surface area contributed by atoms with E-state index in [0.29, 0.717) is 5.56 Å². The molecule has 3 aromatic rings. The third kappa shape index (κ3) is 4.01. The van der Waals surface area contributed by atoms with Gasteiger partial charge in [-0.3, -0.25) is 10.1 Å². The van der Waals surface area contributed by atoms with E-state index in [1.807, 2.05) is 30.3 Å². The Hall–Kier alpha value is -3.11. The van der Waals surface area contributed by atoms with Crippen LogP contribution in [0.25, 0.3) is 5.69 Å². The third-order valence-corrected chi connectivity index (χ3v) is 5.40. The number of nitro benzene ring substituents is 1. The molecule has 140 valence electrons. The normalized spacial score (nSPS) is 11.5. The lowest BCUT2D eigenvalue weighted by atomic mass is 10.2. The van der Waals surface area contributed by atoms with Crippen molar-refractivity contribution in [1.82, 2.24) is 14.5 Å². The zero-order valence-electron chi connectivity index (χ0n) is 14.2. The highest BCUT2D eigenvalue weighted by Crippen LogP contribution is 2.25. The Morgan fingerprint density at radius 3 is 2.63 bits per heavy atom. The second-order valence-electron chi connectivity index (χ2n) is 5.78. The SMILES string of the molecule is Cc1cc(F)c([N+](=O)[O-])cc1S(=O)(=O)NCc1cnn(-c2ccccc2)c1. The van der Waals surface area contributed by atoms with Gasteiger partial charge in [0.25, 0.3) is 0 Å². The highest BCUT2D eigenvalue weighted by Gasteiger charge is 2.24. The molecule has 1 heterocycles. The van der Waals surface area contributed by atoms with Gasteiger partial charge in [-0.05, 0) is 30.7 Å². The monoisotopic (exact) mass is 390 g/mol. The molecule has 0 amide bonds. The number of rotatable bonds is 6. The number of nitro groups is 1. The number of hydrogen-bond donors (Lipinski definition) is 1. The van der Waals surface area contributed by atoms with Gasteiger partial charge < -0.3 is 0 Å². The zero-order chi connectivity index (χ0) is 19.6. The van der Waals surface area contributed by atoms with Gasteiger partial charge in [-0.2, -0.15) is 9.49 Å². The number of halogens is 1. The summed E-state index contributed by atoms with van der Waals surface area (Å²) in [7, 11) is -4.08. The van der Waals surface area contributed by atoms with Crippen molar-refractivity contribution >= 4 is 15.7 Å². The van der Waals surface area contributed by atoms with Gasteiger partial charge >= 0.3 is 5.69 Å². The van der Waals surface area contributed by atoms with Crippen LogP contribution in [0.4, 0.5) is 10.1 Å². The van der Waals surface area contributed by atoms with E-state index in [1.54, 1.807) is 10.9 Å². The van der Waals surface area contributed by atoms with Crippen molar-refractivity contribution in [3.8, 4) is 5.69 Å². The summed E-state index contributed by atoms with van der Waals surface area (Å²) < 4.78 is 42.6. The molecule has 0 unspecified atom stereocenters. The van der Waals surface area contributed by atoms with Gasteiger partial charge in [-0.15, -0.1) is 0 Å². The first-order valence-electron chi connectivity index (χ1n) is 7.81. The maximum absolute atomic E-state index is 13.6. The molecule has 0 saturated heterocycles. The van der Waals surface area contributed by atoms with Gasteiger partial charge in [-0.25, -0.2) is 17.8 Å². The summed E-state index contributed by atoms with van der Waals surface area (Å²) in [4.78, 5) is 9.57. The van der Waals surface area contributed by atoms with Crippen LogP contribution in [0.15, 0.2) is 59.8 Å². The molecule has 2 aromatic carbocycles. The lowest BCUT2D eigenvalue weighted by Gasteiger charge is -2.09. The van der Waals surface area contributed by atoms with Crippen LogP contribution in [0.2, 0.25) is 0 Å². The topological polar surface area (TPSA) is 107 Å². The van der Waals surface area contributed by atoms with Crippen molar-refractivity contribution < 1.29 is 17.7 Å². The van der Waals surface area contributed by atoms with E-state index in [4.69, 9.17) is 0 Å². The Morgan fingerprint density at radius 1 is 1.26 bits per heavy atom. The standard InChI is InChI=1S/C17H15FN4O4S/c1-12-7-15(18)16(22(23)24)8-17(12)27(25,26)20-10-13-9-19-21(11-13)14-5-3-2-4-6-14/h2-9,11,20H,10H2,1H3. The maximum Gasteiger partial charge on any atom is 0.306 e. The van der Waals surface area contributed by atoms with E-state index in [0.717, 1.165) is 17.8 Å². The molecule has 0 bridgehead atoms. The van der Waals surface area contributed by atoms with E-state index >= 15 is 0 Å². The van der Waals surface area contributed by atoms with Crippen molar-refractivity contribution in [1.29, 1.82) is 0 Å². The van der Waals surface area contributed by atoms with Crippen molar-refractivity contribution in [3.05, 3.63) is 81.9 Å². The molecule has 0 aliphatic carbocycles. The number of nitrogens with zero attached hydrogens (tertiary/aromatic N) is 3. The zero-order valence-corrected chi connectivity index (χ0v) is 15.0. The fraction of sp³-hybridized carbons (Fsp3) is 0.118. The van der Waals surface area contributed by atoms with Crippen LogP contribution in [0.1, 0.15) is 11.1 Å². The van der Waals surface area contributed by atoms with Gasteiger partial charge in [0, 0.05) is 24.4 Å². The first kappa shape index (κ1) is 18.7. The number of hydrogen-bond acceptors (Lipinski definition) is 5. The lowest BCUT2D eigenvalue weighted by Crippen LogP contribution is -2.24. The molecule has 3 rings (SSSR count). The summed E-state index contributed by atoms with van der Waals surface area (Å²) in [6.07, 6.45) is 3.17. The highest BCUT2D eigenvalue weighted by atomic mass is 32.2. The van der Waals surface area contributed by atoms with Crippen molar-refractivity contribution in [2.75, 3.05) is 0 Å². The molecule has 0 aliphatic heterocycles. The predicted octanol–water partition coefficient (Wildman–Crippen LogP) is 2.71. The van der Waals surface area contributed by atoms with Crippen LogP contribution >= 0.6 is 0 Å². The van der Waals surface area contributed by atoms with Gasteiger partial charge in [0.1, 0.15) is 0 Å². The molecular weight excluding hydrogens is 375 g/mol. The minimum absolute atomic E-state index is 0.0697. The Kier molecular flexibility index (Phi) is 5.02. The summed E-state index contributed by atoms with van der Waals surface area (Å²) in [6, 6.07) is 10.8. The average molecular weight is 390 g/mol. The van der Waals surface area contributed by atoms with Crippen LogP contribution in [-0.4, -0.2) is 23.1 Å². The summed E-state index contributed by atoms with van der Waals surface area (Å²) in [5.74, 6) is -1.08. The van der Waals surface area contributed by atoms with Crippen LogP contribution < -0.4 is 4.72 Å². The molecule has 0 aliphatic rings. The van der Waals surface area contributed by atoms with Gasteiger partial charge in [0.2, 0.25) is 15.8 Å². The minimum atomic E-state index is -4.08. The molecule has 0 saturated carbocycles. The van der Waals surface area contributed by atoms with E-state index < -0.39 is 26.5 Å². The fourth-order valence-corrected chi connectivity index (χ4v) is 3.76. The summed E-state index contributed by atoms with van der Waals surface area (Å²) in [6.45, 7) is 1.30. The number of benzene rings is 2. The number of para-hydroxylation sites is 1. The van der Waals surface area contributed by atoms with Crippen LogP contribution in [-0.2, 0) is 16.6 Å². The lowest BCUT2D eigenvalue weighted by molar-refractivity contribution is -0.387. The van der Waals surface area contributed by atoms with Crippen LogP contribution in [0.3, 0.4) is 0 Å². The summed E-state index contributed by atoms with van der Waals surface area (Å²) in [5, 5.41) is 15.0. The molecule has 0 radical (unpaired) electrons. The van der Waals surface area contributed by atoms with E-state index in [9.17, 15) is 22.9 Å². The van der Waals surface area contributed by atoms with Crippen molar-refractivity contribution in [2.24, 2.45) is 0 Å². The molecule has 8 nitrogen and oxygen atoms in total. The van der Waals surface area contributed by atoms with Crippen LogP contribution in [0, 0.1) is 22.9 Å². The predicted molar refractivity (Wildman–Crippen MR) is 95.4 cm³/mol. The van der Waals surface area contributed by atoms with Crippen molar-refractivity contribution in [2.45, 2.75) is 18.4 Å². The van der Waals surface area contributed by atoms with Crippen LogP contribution in [0.5, 0.6) is 0 Å². The molecule has 1 N–H and O–H groups in total. The average Bonchev–Trinajstić information content (AvgIpc) is 3.09. The quantitative estimate of drug-likeness (QED) is 0.514. The number of aromatic nitrogens is 2. The molecule has 1 aromatic heterocycles. The molecule has 0 fully saturated rings. The van der Waals surface area contributed by atoms with Gasteiger partial charge in [-0.1, -0.05) is 18.2 Å². The Labute approximate surface area is 154 Å². The maximum atomic E-state index is 13.6. The Bertz CT molecular complexity index is 1100. The summed E-state index contributed by atoms with van der Waals surface area (Å²) in [5.41, 5.74) is 0.594. The molecular formula is C17H15FN4O4S. The molecule has 10 heteroatoms. The van der Waals surface area contributed by atoms with E-state index in [-0.39, 0.29) is 17.0 Å². The molecule has 0 spiro atoms. The smallest absolute Gasteiger partial charge is 0.258 e. The third-order valence-electron chi connectivity index (χ3n) is 3.85. The largest absolute Gasteiger partial charge is 0.306 e. The Morgan fingerprint density at radius 2 is 1.96 bits per heavy atom. The van der Waals surface area contributed by atoms with Gasteiger partial charge in [0.15, 0.2) is 0 Å². The second-order valence-corrected chi connectivity index (χ2v) is 7.51. The minimum Gasteiger partial charge on any atom is -0.258 e. The van der Waals surface area contributed by atoms with Gasteiger partial charge in [0.05, 0.1) is 21.7 Å². The number of nitrogens with one attached hydrogen (secondary N) is 1.